The molecule has 0 amide bonds. The summed E-state index contributed by atoms with van der Waals surface area (Å²) in [7, 11) is 1.62. The van der Waals surface area contributed by atoms with Crippen LogP contribution < -0.4 is 14.8 Å². The maximum absolute atomic E-state index is 13.7. The average Bonchev–Trinajstić information content (AvgIpc) is 3.13. The van der Waals surface area contributed by atoms with E-state index in [-0.39, 0.29) is 12.4 Å². The van der Waals surface area contributed by atoms with Crippen molar-refractivity contribution in [1.29, 1.82) is 0 Å². The van der Waals surface area contributed by atoms with Crippen molar-refractivity contribution < 1.29 is 13.9 Å². The molecule has 1 N–H and O–H groups in total. The molecule has 0 spiro atoms. The van der Waals surface area contributed by atoms with Gasteiger partial charge in [-0.3, -0.25) is 0 Å². The van der Waals surface area contributed by atoms with Crippen molar-refractivity contribution in [2.75, 3.05) is 7.11 Å². The van der Waals surface area contributed by atoms with Gasteiger partial charge >= 0.3 is 0 Å². The van der Waals surface area contributed by atoms with Crippen LogP contribution in [0.4, 0.5) is 4.39 Å². The Bertz CT molecular complexity index is 668. The van der Waals surface area contributed by atoms with Crippen LogP contribution in [0.25, 0.3) is 0 Å². The van der Waals surface area contributed by atoms with Crippen molar-refractivity contribution in [2.45, 2.75) is 44.9 Å². The highest BCUT2D eigenvalue weighted by molar-refractivity contribution is 5.43. The first kappa shape index (κ1) is 16.8. The zero-order valence-corrected chi connectivity index (χ0v) is 14.1. The van der Waals surface area contributed by atoms with Crippen LogP contribution in [0.15, 0.2) is 42.5 Å². The normalized spacial score (nSPS) is 14.8. The lowest BCUT2D eigenvalue weighted by Crippen LogP contribution is -2.25. The van der Waals surface area contributed by atoms with Crippen molar-refractivity contribution >= 4 is 0 Å². The smallest absolute Gasteiger partial charge is 0.161 e. The molecular weight excluding hydrogens is 305 g/mol. The Labute approximate surface area is 142 Å². The van der Waals surface area contributed by atoms with Crippen LogP contribution >= 0.6 is 0 Å². The molecule has 1 aliphatic carbocycles. The lowest BCUT2D eigenvalue weighted by Gasteiger charge is -2.15. The summed E-state index contributed by atoms with van der Waals surface area (Å²) in [4.78, 5) is 0. The standard InChI is InChI=1S/C20H24FNO2/c1-23-20-12-15(13-22-17-7-3-4-8-17)10-11-19(20)24-14-16-6-2-5-9-18(16)21/h2,5-6,9-12,17,22H,3-4,7-8,13-14H2,1H3. The van der Waals surface area contributed by atoms with Crippen LogP contribution in [0.3, 0.4) is 0 Å². The molecule has 0 saturated heterocycles. The van der Waals surface area contributed by atoms with E-state index in [9.17, 15) is 4.39 Å². The number of rotatable bonds is 7. The summed E-state index contributed by atoms with van der Waals surface area (Å²) in [6.45, 7) is 1.01. The summed E-state index contributed by atoms with van der Waals surface area (Å²) < 4.78 is 24.8. The number of ether oxygens (including phenoxy) is 2. The minimum atomic E-state index is -0.256. The van der Waals surface area contributed by atoms with Gasteiger partial charge in [0.1, 0.15) is 12.4 Å². The van der Waals surface area contributed by atoms with E-state index in [1.54, 1.807) is 25.3 Å². The highest BCUT2D eigenvalue weighted by Gasteiger charge is 2.14. The van der Waals surface area contributed by atoms with Crippen molar-refractivity contribution in [1.82, 2.24) is 5.32 Å². The fourth-order valence-electron chi connectivity index (χ4n) is 3.10. The largest absolute Gasteiger partial charge is 0.493 e. The molecule has 2 aromatic carbocycles. The third kappa shape index (κ3) is 4.26. The monoisotopic (exact) mass is 329 g/mol. The van der Waals surface area contributed by atoms with Gasteiger partial charge in [0, 0.05) is 18.2 Å². The van der Waals surface area contributed by atoms with Crippen molar-refractivity contribution in [2.24, 2.45) is 0 Å². The van der Waals surface area contributed by atoms with E-state index in [1.807, 2.05) is 18.2 Å². The quantitative estimate of drug-likeness (QED) is 0.814. The molecule has 2 aromatic rings. The van der Waals surface area contributed by atoms with Gasteiger partial charge in [-0.05, 0) is 36.6 Å². The Morgan fingerprint density at radius 1 is 1.08 bits per heavy atom. The third-order valence-electron chi connectivity index (χ3n) is 4.52. The maximum Gasteiger partial charge on any atom is 0.161 e. The Kier molecular flexibility index (Phi) is 5.70. The maximum atomic E-state index is 13.7. The Morgan fingerprint density at radius 2 is 1.88 bits per heavy atom. The molecule has 0 heterocycles. The van der Waals surface area contributed by atoms with Crippen LogP contribution in [-0.2, 0) is 13.2 Å². The Balaban J connectivity index is 1.62. The molecule has 4 heteroatoms. The minimum absolute atomic E-state index is 0.183. The van der Waals surface area contributed by atoms with Crippen LogP contribution in [0.2, 0.25) is 0 Å². The fourth-order valence-corrected chi connectivity index (χ4v) is 3.10. The summed E-state index contributed by atoms with van der Waals surface area (Å²) >= 11 is 0. The van der Waals surface area contributed by atoms with Crippen molar-refractivity contribution in [3.8, 4) is 11.5 Å². The van der Waals surface area contributed by atoms with E-state index in [1.165, 1.54) is 31.7 Å². The lowest BCUT2D eigenvalue weighted by molar-refractivity contribution is 0.279. The van der Waals surface area contributed by atoms with Gasteiger partial charge in [0.05, 0.1) is 7.11 Å². The summed E-state index contributed by atoms with van der Waals surface area (Å²) in [5, 5.41) is 3.59. The Morgan fingerprint density at radius 3 is 2.62 bits per heavy atom. The van der Waals surface area contributed by atoms with Gasteiger partial charge in [0.2, 0.25) is 0 Å². The third-order valence-corrected chi connectivity index (χ3v) is 4.52. The topological polar surface area (TPSA) is 30.5 Å². The highest BCUT2D eigenvalue weighted by Crippen LogP contribution is 2.29. The van der Waals surface area contributed by atoms with Gasteiger partial charge in [-0.15, -0.1) is 0 Å². The van der Waals surface area contributed by atoms with Crippen LogP contribution in [0.1, 0.15) is 36.8 Å². The predicted octanol–water partition coefficient (Wildman–Crippen LogP) is 4.45. The molecule has 24 heavy (non-hydrogen) atoms. The van der Waals surface area contributed by atoms with Crippen LogP contribution in [0, 0.1) is 5.82 Å². The van der Waals surface area contributed by atoms with Crippen molar-refractivity contribution in [3.63, 3.8) is 0 Å². The summed E-state index contributed by atoms with van der Waals surface area (Å²) in [5.74, 6) is 1.05. The van der Waals surface area contributed by atoms with E-state index in [0.29, 0.717) is 23.1 Å². The number of methoxy groups -OCH3 is 1. The molecule has 0 bridgehead atoms. The summed E-state index contributed by atoms with van der Waals surface area (Å²) in [6.07, 6.45) is 5.18. The first-order valence-corrected chi connectivity index (χ1v) is 8.53. The van der Waals surface area contributed by atoms with E-state index >= 15 is 0 Å². The molecule has 0 aliphatic heterocycles. The molecule has 0 atom stereocenters. The molecule has 3 rings (SSSR count). The zero-order valence-electron chi connectivity index (χ0n) is 14.1. The van der Waals surface area contributed by atoms with Gasteiger partial charge in [-0.1, -0.05) is 37.1 Å². The average molecular weight is 329 g/mol. The fraction of sp³-hybridized carbons (Fsp3) is 0.400. The summed E-state index contributed by atoms with van der Waals surface area (Å²) in [6, 6.07) is 13.2. The van der Waals surface area contributed by atoms with E-state index in [4.69, 9.17) is 9.47 Å². The molecule has 3 nitrogen and oxygen atoms in total. The molecule has 1 aliphatic rings. The lowest BCUT2D eigenvalue weighted by atomic mass is 10.1. The minimum Gasteiger partial charge on any atom is -0.493 e. The van der Waals surface area contributed by atoms with E-state index in [0.717, 1.165) is 12.1 Å². The van der Waals surface area contributed by atoms with Gasteiger partial charge in [0.25, 0.3) is 0 Å². The molecule has 0 aromatic heterocycles. The Hall–Kier alpha value is -2.07. The molecule has 1 saturated carbocycles. The van der Waals surface area contributed by atoms with Crippen LogP contribution in [-0.4, -0.2) is 13.2 Å². The zero-order chi connectivity index (χ0) is 16.8. The van der Waals surface area contributed by atoms with E-state index < -0.39 is 0 Å². The number of halogens is 1. The van der Waals surface area contributed by atoms with Gasteiger partial charge in [-0.2, -0.15) is 0 Å². The predicted molar refractivity (Wildman–Crippen MR) is 92.8 cm³/mol. The second kappa shape index (κ2) is 8.15. The van der Waals surface area contributed by atoms with E-state index in [2.05, 4.69) is 5.32 Å². The van der Waals surface area contributed by atoms with Gasteiger partial charge in [0.15, 0.2) is 11.5 Å². The molecule has 1 fully saturated rings. The number of benzene rings is 2. The molecule has 0 unspecified atom stereocenters. The number of hydrogen-bond acceptors (Lipinski definition) is 3. The highest BCUT2D eigenvalue weighted by atomic mass is 19.1. The van der Waals surface area contributed by atoms with Gasteiger partial charge < -0.3 is 14.8 Å². The molecule has 0 radical (unpaired) electrons. The SMILES string of the molecule is COc1cc(CNC2CCCC2)ccc1OCc1ccccc1F. The second-order valence-electron chi connectivity index (χ2n) is 6.23. The molecular formula is C20H24FNO2. The molecule has 128 valence electrons. The van der Waals surface area contributed by atoms with Crippen molar-refractivity contribution in [3.05, 3.63) is 59.4 Å². The van der Waals surface area contributed by atoms with Crippen LogP contribution in [0.5, 0.6) is 11.5 Å². The summed E-state index contributed by atoms with van der Waals surface area (Å²) in [5.41, 5.74) is 1.70. The first-order chi connectivity index (χ1) is 11.8. The van der Waals surface area contributed by atoms with Gasteiger partial charge in [-0.25, -0.2) is 4.39 Å². The first-order valence-electron chi connectivity index (χ1n) is 8.53. The number of hydrogen-bond donors (Lipinski definition) is 1. The second-order valence-corrected chi connectivity index (χ2v) is 6.23. The number of nitrogens with one attached hydrogen (secondary N) is 1.